The summed E-state index contributed by atoms with van der Waals surface area (Å²) in [7, 11) is 0. The number of carbonyl (C=O) groups is 2. The van der Waals surface area contributed by atoms with Crippen molar-refractivity contribution >= 4 is 23.2 Å². The van der Waals surface area contributed by atoms with E-state index in [0.29, 0.717) is 18.7 Å². The van der Waals surface area contributed by atoms with Crippen LogP contribution in [0, 0.1) is 11.6 Å². The van der Waals surface area contributed by atoms with Crippen molar-refractivity contribution in [1.29, 1.82) is 0 Å². The molecule has 3 rings (SSSR count). The van der Waals surface area contributed by atoms with Crippen LogP contribution < -0.4 is 15.0 Å². The van der Waals surface area contributed by atoms with Crippen LogP contribution in [0.2, 0.25) is 0 Å². The molecule has 1 aliphatic heterocycles. The minimum absolute atomic E-state index is 0.0583. The maximum Gasteiger partial charge on any atom is 0.265 e. The highest BCUT2D eigenvalue weighted by molar-refractivity contribution is 5.97. The number of anilines is 2. The predicted molar refractivity (Wildman–Crippen MR) is 93.1 cm³/mol. The lowest BCUT2D eigenvalue weighted by Crippen LogP contribution is -2.30. The Hall–Kier alpha value is -2.96. The molecular weight excluding hydrogens is 342 g/mol. The number of benzene rings is 2. The first kappa shape index (κ1) is 17.8. The molecule has 0 bridgehead atoms. The summed E-state index contributed by atoms with van der Waals surface area (Å²) < 4.78 is 31.5. The normalized spacial score (nSPS) is 15.0. The van der Waals surface area contributed by atoms with Crippen LogP contribution in [0.4, 0.5) is 20.2 Å². The van der Waals surface area contributed by atoms with Crippen LogP contribution in [0.25, 0.3) is 0 Å². The van der Waals surface area contributed by atoms with Gasteiger partial charge < -0.3 is 15.0 Å². The van der Waals surface area contributed by atoms with E-state index in [-0.39, 0.29) is 11.7 Å². The van der Waals surface area contributed by atoms with Gasteiger partial charge in [0.2, 0.25) is 5.91 Å². The number of hydrogen-bond donors (Lipinski definition) is 1. The van der Waals surface area contributed by atoms with Crippen LogP contribution in [0.1, 0.15) is 19.8 Å². The third-order valence-electron chi connectivity index (χ3n) is 4.07. The van der Waals surface area contributed by atoms with E-state index in [9.17, 15) is 18.4 Å². The largest absolute Gasteiger partial charge is 0.481 e. The Morgan fingerprint density at radius 2 is 2.00 bits per heavy atom. The van der Waals surface area contributed by atoms with Gasteiger partial charge in [-0.05, 0) is 43.7 Å². The van der Waals surface area contributed by atoms with E-state index < -0.39 is 23.6 Å². The highest BCUT2D eigenvalue weighted by Gasteiger charge is 2.22. The lowest BCUT2D eigenvalue weighted by molar-refractivity contribution is -0.122. The van der Waals surface area contributed by atoms with Crippen molar-refractivity contribution in [2.45, 2.75) is 25.9 Å². The standard InChI is InChI=1S/C19H18F2N2O3/c1-12(26-15-7-8-16(20)17(21)11-15)19(25)22-13-4-2-5-14(10-13)23-9-3-6-18(23)24/h2,4-5,7-8,10-12H,3,6,9H2,1H3,(H,22,25). The Balaban J connectivity index is 1.65. The monoisotopic (exact) mass is 360 g/mol. The van der Waals surface area contributed by atoms with Crippen molar-refractivity contribution < 1.29 is 23.1 Å². The first-order valence-electron chi connectivity index (χ1n) is 8.27. The van der Waals surface area contributed by atoms with Crippen LogP contribution in [0.5, 0.6) is 5.75 Å². The molecule has 1 atom stereocenters. The summed E-state index contributed by atoms with van der Waals surface area (Å²) in [5.74, 6) is -2.35. The fourth-order valence-electron chi connectivity index (χ4n) is 2.72. The summed E-state index contributed by atoms with van der Waals surface area (Å²) in [6, 6.07) is 10.0. The number of carbonyl (C=O) groups excluding carboxylic acids is 2. The number of hydrogen-bond acceptors (Lipinski definition) is 3. The van der Waals surface area contributed by atoms with Gasteiger partial charge in [0.05, 0.1) is 0 Å². The van der Waals surface area contributed by atoms with Gasteiger partial charge in [0.1, 0.15) is 5.75 Å². The molecule has 2 aromatic carbocycles. The maximum atomic E-state index is 13.2. The number of halogens is 2. The minimum Gasteiger partial charge on any atom is -0.481 e. The number of amides is 2. The van der Waals surface area contributed by atoms with Gasteiger partial charge in [-0.25, -0.2) is 8.78 Å². The number of rotatable bonds is 5. The SMILES string of the molecule is CC(Oc1ccc(F)c(F)c1)C(=O)Nc1cccc(N2CCCC2=O)c1. The third kappa shape index (κ3) is 3.99. The van der Waals surface area contributed by atoms with Gasteiger partial charge in [0, 0.05) is 30.4 Å². The van der Waals surface area contributed by atoms with Gasteiger partial charge in [-0.3, -0.25) is 9.59 Å². The highest BCUT2D eigenvalue weighted by atomic mass is 19.2. The average Bonchev–Trinajstić information content (AvgIpc) is 3.04. The zero-order chi connectivity index (χ0) is 18.7. The minimum atomic E-state index is -1.04. The number of nitrogens with zero attached hydrogens (tertiary/aromatic N) is 1. The zero-order valence-electron chi connectivity index (χ0n) is 14.2. The quantitative estimate of drug-likeness (QED) is 0.888. The van der Waals surface area contributed by atoms with Gasteiger partial charge in [-0.15, -0.1) is 0 Å². The molecule has 5 nitrogen and oxygen atoms in total. The van der Waals surface area contributed by atoms with E-state index in [4.69, 9.17) is 4.74 Å². The molecular formula is C19H18F2N2O3. The van der Waals surface area contributed by atoms with E-state index in [1.807, 2.05) is 0 Å². The lowest BCUT2D eigenvalue weighted by atomic mass is 10.2. The fourth-order valence-corrected chi connectivity index (χ4v) is 2.72. The van der Waals surface area contributed by atoms with Crippen molar-refractivity contribution in [3.63, 3.8) is 0 Å². The Bertz CT molecular complexity index is 841. The average molecular weight is 360 g/mol. The van der Waals surface area contributed by atoms with E-state index in [2.05, 4.69) is 5.32 Å². The summed E-state index contributed by atoms with van der Waals surface area (Å²) in [5, 5.41) is 2.70. The molecule has 1 fully saturated rings. The Morgan fingerprint density at radius 3 is 2.69 bits per heavy atom. The molecule has 0 saturated carbocycles. The molecule has 1 saturated heterocycles. The summed E-state index contributed by atoms with van der Waals surface area (Å²) >= 11 is 0. The molecule has 1 unspecified atom stereocenters. The van der Waals surface area contributed by atoms with Crippen LogP contribution in [-0.2, 0) is 9.59 Å². The van der Waals surface area contributed by atoms with Crippen molar-refractivity contribution in [3.05, 3.63) is 54.1 Å². The first-order valence-corrected chi connectivity index (χ1v) is 8.27. The molecule has 0 radical (unpaired) electrons. The molecule has 136 valence electrons. The summed E-state index contributed by atoms with van der Waals surface area (Å²) in [6.45, 7) is 2.16. The predicted octanol–water partition coefficient (Wildman–Crippen LogP) is 3.50. The van der Waals surface area contributed by atoms with Crippen LogP contribution in [-0.4, -0.2) is 24.5 Å². The molecule has 26 heavy (non-hydrogen) atoms. The van der Waals surface area contributed by atoms with Gasteiger partial charge >= 0.3 is 0 Å². The van der Waals surface area contributed by atoms with Crippen molar-refractivity contribution in [2.75, 3.05) is 16.8 Å². The second kappa shape index (κ2) is 7.51. The first-order chi connectivity index (χ1) is 12.4. The summed E-state index contributed by atoms with van der Waals surface area (Å²) in [5.41, 5.74) is 1.24. The topological polar surface area (TPSA) is 58.6 Å². The smallest absolute Gasteiger partial charge is 0.265 e. The molecule has 1 heterocycles. The highest BCUT2D eigenvalue weighted by Crippen LogP contribution is 2.24. The summed E-state index contributed by atoms with van der Waals surface area (Å²) in [6.07, 6.45) is 0.418. The Labute approximate surface area is 149 Å². The van der Waals surface area contributed by atoms with Crippen molar-refractivity contribution in [3.8, 4) is 5.75 Å². The molecule has 1 aliphatic rings. The van der Waals surface area contributed by atoms with Crippen LogP contribution in [0.3, 0.4) is 0 Å². The van der Waals surface area contributed by atoms with Gasteiger partial charge in [0.15, 0.2) is 17.7 Å². The van der Waals surface area contributed by atoms with Crippen LogP contribution in [0.15, 0.2) is 42.5 Å². The van der Waals surface area contributed by atoms with Crippen molar-refractivity contribution in [2.24, 2.45) is 0 Å². The van der Waals surface area contributed by atoms with Crippen LogP contribution >= 0.6 is 0 Å². The number of ether oxygens (including phenoxy) is 1. The second-order valence-corrected chi connectivity index (χ2v) is 6.02. The molecule has 0 spiro atoms. The maximum absolute atomic E-state index is 13.2. The molecule has 0 aliphatic carbocycles. The molecule has 1 N–H and O–H groups in total. The molecule has 2 amide bonds. The summed E-state index contributed by atoms with van der Waals surface area (Å²) in [4.78, 5) is 25.8. The lowest BCUT2D eigenvalue weighted by Gasteiger charge is -2.18. The van der Waals surface area contributed by atoms with Gasteiger partial charge in [-0.2, -0.15) is 0 Å². The van der Waals surface area contributed by atoms with Crippen molar-refractivity contribution in [1.82, 2.24) is 0 Å². The fraction of sp³-hybridized carbons (Fsp3) is 0.263. The molecule has 0 aromatic heterocycles. The van der Waals surface area contributed by atoms with E-state index in [1.165, 1.54) is 13.0 Å². The van der Waals surface area contributed by atoms with E-state index in [1.54, 1.807) is 29.2 Å². The Kier molecular flexibility index (Phi) is 5.16. The van der Waals surface area contributed by atoms with Gasteiger partial charge in [0.25, 0.3) is 5.91 Å². The molecule has 2 aromatic rings. The van der Waals surface area contributed by atoms with Gasteiger partial charge in [-0.1, -0.05) is 6.07 Å². The van der Waals surface area contributed by atoms with E-state index in [0.717, 1.165) is 24.2 Å². The Morgan fingerprint density at radius 1 is 1.19 bits per heavy atom. The third-order valence-corrected chi connectivity index (χ3v) is 4.07. The second-order valence-electron chi connectivity index (χ2n) is 6.02. The van der Waals surface area contributed by atoms with E-state index >= 15 is 0 Å². The number of nitrogens with one attached hydrogen (secondary N) is 1. The zero-order valence-corrected chi connectivity index (χ0v) is 14.2. The molecule has 7 heteroatoms.